The lowest BCUT2D eigenvalue weighted by atomic mass is 9.69. The zero-order valence-corrected chi connectivity index (χ0v) is 29.6. The van der Waals surface area contributed by atoms with Gasteiger partial charge in [0.2, 0.25) is 0 Å². The maximum Gasteiger partial charge on any atom is 0.323 e. The Morgan fingerprint density at radius 2 is 1.24 bits per heavy atom. The maximum absolute atomic E-state index is 13.9. The summed E-state index contributed by atoms with van der Waals surface area (Å²) in [6, 6.07) is 15.6. The highest BCUT2D eigenvalue weighted by Gasteiger charge is 2.51. The highest BCUT2D eigenvalue weighted by Crippen LogP contribution is 2.47. The molecule has 3 aromatic rings. The zero-order chi connectivity index (χ0) is 35.2. The highest BCUT2D eigenvalue weighted by atomic mass is 19.1. The molecule has 7 rings (SSSR count). The fraction of sp³-hybridized carbons (Fsp3) is 0.541. The molecule has 2 aliphatic carbocycles. The van der Waals surface area contributed by atoms with E-state index in [1.54, 1.807) is 33.8 Å². The van der Waals surface area contributed by atoms with Crippen LogP contribution < -0.4 is 20.9 Å². The number of nitrogens with zero attached hydrogens (tertiary/aromatic N) is 5. The number of rotatable bonds is 5. The van der Waals surface area contributed by atoms with Gasteiger partial charge in [0.25, 0.3) is 0 Å². The van der Waals surface area contributed by atoms with Crippen LogP contribution >= 0.6 is 0 Å². The van der Waals surface area contributed by atoms with Crippen LogP contribution in [0.1, 0.15) is 68.2 Å². The predicted molar refractivity (Wildman–Crippen MR) is 186 cm³/mol. The minimum atomic E-state index is -0.248. The number of urea groups is 2. The van der Waals surface area contributed by atoms with E-state index in [0.717, 1.165) is 74.0 Å². The van der Waals surface area contributed by atoms with Crippen LogP contribution in [0.4, 0.5) is 24.2 Å². The Hall–Kier alpha value is -4.03. The first-order valence-corrected chi connectivity index (χ1v) is 17.2. The number of benzene rings is 2. The molecule has 2 saturated carbocycles. The van der Waals surface area contributed by atoms with Gasteiger partial charge in [0, 0.05) is 30.7 Å². The van der Waals surface area contributed by atoms with Gasteiger partial charge in [-0.15, -0.1) is 0 Å². The molecule has 12 heteroatoms. The monoisotopic (exact) mass is 676 g/mol. The molecule has 0 atom stereocenters. The van der Waals surface area contributed by atoms with Crippen LogP contribution in [0, 0.1) is 18.6 Å². The van der Waals surface area contributed by atoms with Gasteiger partial charge in [0.1, 0.15) is 17.5 Å². The van der Waals surface area contributed by atoms with Crippen LogP contribution in [0.3, 0.4) is 0 Å². The quantitative estimate of drug-likeness (QED) is 0.338. The van der Waals surface area contributed by atoms with Crippen LogP contribution in [-0.2, 0) is 18.1 Å². The average Bonchev–Trinajstić information content (AvgIpc) is 3.70. The van der Waals surface area contributed by atoms with Crippen molar-refractivity contribution >= 4 is 17.9 Å². The van der Waals surface area contributed by atoms with Crippen molar-refractivity contribution in [3.63, 3.8) is 0 Å². The third-order valence-corrected chi connectivity index (χ3v) is 11.8. The van der Waals surface area contributed by atoms with Crippen LogP contribution in [0.25, 0.3) is 0 Å². The van der Waals surface area contributed by atoms with Gasteiger partial charge in [0.05, 0.1) is 23.3 Å². The summed E-state index contributed by atoms with van der Waals surface area (Å²) in [5.41, 5.74) is 2.20. The van der Waals surface area contributed by atoms with E-state index in [4.69, 9.17) is 0 Å². The van der Waals surface area contributed by atoms with E-state index >= 15 is 0 Å². The molecule has 2 aliphatic heterocycles. The lowest BCUT2D eigenvalue weighted by Crippen LogP contribution is -2.54. The summed E-state index contributed by atoms with van der Waals surface area (Å²) in [4.78, 5) is 30.4. The fourth-order valence-corrected chi connectivity index (χ4v) is 8.73. The molecule has 0 radical (unpaired) electrons. The largest absolute Gasteiger partial charge is 0.336 e. The first-order chi connectivity index (χ1) is 23.2. The van der Waals surface area contributed by atoms with Gasteiger partial charge in [-0.2, -0.15) is 5.10 Å². The molecule has 264 valence electrons. The minimum Gasteiger partial charge on any atom is -0.336 e. The number of carbonyl (C=O) groups excluding carboxylic acids is 2. The Labute approximate surface area is 288 Å². The van der Waals surface area contributed by atoms with Crippen LogP contribution in [0.5, 0.6) is 0 Å². The van der Waals surface area contributed by atoms with Crippen LogP contribution in [-0.4, -0.2) is 84.0 Å². The summed E-state index contributed by atoms with van der Waals surface area (Å²) >= 11 is 0. The number of anilines is 1. The van der Waals surface area contributed by atoms with Crippen LogP contribution in [0.2, 0.25) is 0 Å². The van der Waals surface area contributed by atoms with Crippen molar-refractivity contribution in [3.05, 3.63) is 83.1 Å². The van der Waals surface area contributed by atoms with Gasteiger partial charge in [-0.1, -0.05) is 24.3 Å². The van der Waals surface area contributed by atoms with Crippen molar-refractivity contribution in [2.75, 3.05) is 46.2 Å². The highest BCUT2D eigenvalue weighted by molar-refractivity contribution is 5.94. The van der Waals surface area contributed by atoms with Crippen molar-refractivity contribution in [1.82, 2.24) is 35.5 Å². The predicted octanol–water partition coefficient (Wildman–Crippen LogP) is 5.38. The molecule has 2 aromatic carbocycles. The number of hydrogen-bond acceptors (Lipinski definition) is 5. The topological polar surface area (TPSA) is 97.8 Å². The molecule has 49 heavy (non-hydrogen) atoms. The molecule has 2 spiro atoms. The van der Waals surface area contributed by atoms with Gasteiger partial charge in [-0.05, 0) is 122 Å². The number of amides is 4. The maximum atomic E-state index is 13.9. The van der Waals surface area contributed by atoms with Gasteiger partial charge in [-0.25, -0.2) is 18.4 Å². The van der Waals surface area contributed by atoms with E-state index in [2.05, 4.69) is 44.9 Å². The molecule has 4 aliphatic rings. The first kappa shape index (κ1) is 34.8. The summed E-state index contributed by atoms with van der Waals surface area (Å²) in [5, 5.41) is 13.5. The normalized spacial score (nSPS) is 29.6. The first-order valence-electron chi connectivity index (χ1n) is 17.2. The van der Waals surface area contributed by atoms with E-state index in [9.17, 15) is 18.4 Å². The molecule has 0 bridgehead atoms. The molecule has 3 N–H and O–H groups in total. The van der Waals surface area contributed by atoms with E-state index in [-0.39, 0.29) is 45.9 Å². The second-order valence-corrected chi connectivity index (χ2v) is 15.0. The standard InChI is InChI=1S/C21H28FN5O.C16H22FN3O/c1-15-12-18(26(4)24-15)27-14-20(23-19(27)28)8-10-21(11-9-20,25(2)3)16-6-5-7-17(22)13-16;1-20(2)16(12-4-3-5-13(17)10-12)8-6-15(7-9-16)11-18-14(21)19-15/h5-7,12-13H,8-11,14H2,1-4H3,(H,23,28);3-5,10H,6-9,11H2,1-2H3,(H2,18,19,21). The van der Waals surface area contributed by atoms with E-state index in [1.807, 2.05) is 46.3 Å². The Balaban J connectivity index is 0.000000177. The van der Waals surface area contributed by atoms with Crippen molar-refractivity contribution in [2.24, 2.45) is 7.05 Å². The Bertz CT molecular complexity index is 1690. The third-order valence-electron chi connectivity index (χ3n) is 11.8. The number of aromatic nitrogens is 2. The van der Waals surface area contributed by atoms with Crippen molar-refractivity contribution in [2.45, 2.75) is 80.4 Å². The van der Waals surface area contributed by atoms with Crippen LogP contribution in [0.15, 0.2) is 54.6 Å². The fourth-order valence-electron chi connectivity index (χ4n) is 8.73. The molecule has 0 unspecified atom stereocenters. The van der Waals surface area contributed by atoms with E-state index in [1.165, 1.54) is 12.1 Å². The summed E-state index contributed by atoms with van der Waals surface area (Å²) in [7, 11) is 10.1. The molecule has 1 aromatic heterocycles. The second-order valence-electron chi connectivity index (χ2n) is 15.0. The average molecular weight is 677 g/mol. The summed E-state index contributed by atoms with van der Waals surface area (Å²) in [6.45, 7) is 3.26. The number of aryl methyl sites for hydroxylation is 2. The lowest BCUT2D eigenvalue weighted by molar-refractivity contribution is 0.0650. The molecule has 4 fully saturated rings. The van der Waals surface area contributed by atoms with Gasteiger partial charge in [0.15, 0.2) is 0 Å². The molecule has 2 saturated heterocycles. The number of nitrogens with one attached hydrogen (secondary N) is 3. The molecular weight excluding hydrogens is 626 g/mol. The molecular formula is C37H50F2N8O2. The number of hydrogen-bond donors (Lipinski definition) is 3. The number of halogens is 2. The summed E-state index contributed by atoms with van der Waals surface area (Å²) in [5.74, 6) is 0.428. The van der Waals surface area contributed by atoms with E-state index < -0.39 is 0 Å². The molecule has 4 amide bonds. The lowest BCUT2D eigenvalue weighted by Gasteiger charge is -2.48. The zero-order valence-electron chi connectivity index (χ0n) is 29.6. The van der Waals surface area contributed by atoms with Crippen molar-refractivity contribution in [1.29, 1.82) is 0 Å². The smallest absolute Gasteiger partial charge is 0.323 e. The Morgan fingerprint density at radius 3 is 1.65 bits per heavy atom. The Kier molecular flexibility index (Phi) is 9.25. The van der Waals surface area contributed by atoms with Gasteiger partial charge in [-0.3, -0.25) is 19.4 Å². The number of carbonyl (C=O) groups is 2. The SMILES string of the molecule is CN(C)C1(c2cccc(F)c2)CCC2(CC1)CNC(=O)N2.Cc1cc(N2CC3(CCC(c4cccc(F)c4)(N(C)C)CC3)NC2=O)n(C)n1. The third kappa shape index (κ3) is 6.52. The molecule has 3 heterocycles. The van der Waals surface area contributed by atoms with Crippen molar-refractivity contribution < 1.29 is 18.4 Å². The second kappa shape index (κ2) is 13.0. The minimum absolute atomic E-state index is 0.0638. The molecule has 10 nitrogen and oxygen atoms in total. The summed E-state index contributed by atoms with van der Waals surface area (Å²) < 4.78 is 29.3. The Morgan fingerprint density at radius 1 is 0.735 bits per heavy atom. The van der Waals surface area contributed by atoms with Crippen molar-refractivity contribution in [3.8, 4) is 0 Å². The van der Waals surface area contributed by atoms with Gasteiger partial charge >= 0.3 is 12.1 Å². The summed E-state index contributed by atoms with van der Waals surface area (Å²) in [6.07, 6.45) is 7.04. The van der Waals surface area contributed by atoms with Gasteiger partial charge < -0.3 is 16.0 Å². The van der Waals surface area contributed by atoms with E-state index in [0.29, 0.717) is 13.1 Å².